The zero-order valence-corrected chi connectivity index (χ0v) is 72.3. The monoisotopic (exact) mass is 1740 g/mol. The summed E-state index contributed by atoms with van der Waals surface area (Å²) < 4.78 is 141. The van der Waals surface area contributed by atoms with E-state index in [1.807, 2.05) is 49.4 Å². The molecular formula is C107H93Cl5F10. The molecule has 0 bridgehead atoms. The Bertz CT molecular complexity index is 5860. The fourth-order valence-corrected chi connectivity index (χ4v) is 16.8. The van der Waals surface area contributed by atoms with E-state index in [0.717, 1.165) is 158 Å². The molecule has 0 saturated carbocycles. The SMILES string of the molecule is C/C=C/C1CCc2c(ccc(C#Cc3ccc(Cl)c(F)c3)c2F)C1.C=CC1CCc2c(ccc(C#Cc3ccc(Cl)c(F)c3)c2F)C1.C=CCCC1CCc2c(ccc(C#Cc3ccc(Cl)c(F)c3)c2F)C1.CCCC1CCc2c(ccc(C#Cc3ccc(Cl)c(F)c3)c2F)C1.CCCCCC1CCc2c(ccc(C#Cc3ccc(Cl)c(F)c3)c2F)C1. The van der Waals surface area contributed by atoms with Gasteiger partial charge in [-0.2, -0.15) is 0 Å². The lowest BCUT2D eigenvalue weighted by Gasteiger charge is -2.25. The molecule has 0 spiro atoms. The predicted molar refractivity (Wildman–Crippen MR) is 480 cm³/mol. The van der Waals surface area contributed by atoms with E-state index in [4.69, 9.17) is 58.0 Å². The van der Waals surface area contributed by atoms with E-state index < -0.39 is 29.1 Å². The molecule has 0 aliphatic heterocycles. The first kappa shape index (κ1) is 92.7. The highest BCUT2D eigenvalue weighted by molar-refractivity contribution is 6.32. The minimum Gasteiger partial charge on any atom is -0.205 e. The molecule has 0 aromatic heterocycles. The molecule has 0 amide bonds. The highest BCUT2D eigenvalue weighted by atomic mass is 35.5. The van der Waals surface area contributed by atoms with E-state index in [0.29, 0.717) is 91.6 Å². The second-order valence-corrected chi connectivity index (χ2v) is 33.5. The van der Waals surface area contributed by atoms with Crippen molar-refractivity contribution in [1.82, 2.24) is 0 Å². The first-order chi connectivity index (χ1) is 58.9. The van der Waals surface area contributed by atoms with Gasteiger partial charge in [0, 0.05) is 27.8 Å². The van der Waals surface area contributed by atoms with Gasteiger partial charge in [0.1, 0.15) is 58.2 Å². The van der Waals surface area contributed by atoms with Gasteiger partial charge in [0.25, 0.3) is 0 Å². The second kappa shape index (κ2) is 45.4. The van der Waals surface area contributed by atoms with Crippen LogP contribution in [0.4, 0.5) is 43.9 Å². The van der Waals surface area contributed by atoms with Crippen LogP contribution in [-0.4, -0.2) is 0 Å². The van der Waals surface area contributed by atoms with Gasteiger partial charge in [-0.05, 0) is 323 Å². The van der Waals surface area contributed by atoms with Crippen LogP contribution in [0.3, 0.4) is 0 Å². The summed E-state index contributed by atoms with van der Waals surface area (Å²) >= 11 is 28.3. The number of hydrogen-bond donors (Lipinski definition) is 0. The van der Waals surface area contributed by atoms with Gasteiger partial charge < -0.3 is 0 Å². The molecule has 10 aromatic rings. The number of unbranched alkanes of at least 4 members (excludes halogenated alkanes) is 2. The Morgan fingerprint density at radius 3 is 0.877 bits per heavy atom. The quantitative estimate of drug-likeness (QED) is 0.0524. The molecule has 0 N–H and O–H groups in total. The molecule has 5 unspecified atom stereocenters. The maximum absolute atomic E-state index is 14.8. The zero-order chi connectivity index (χ0) is 86.9. The average molecular weight is 1750 g/mol. The Morgan fingerprint density at radius 2 is 0.598 bits per heavy atom. The fraction of sp³-hybridized carbons (Fsp3) is 0.290. The van der Waals surface area contributed by atoms with Crippen molar-refractivity contribution in [3.05, 3.63) is 384 Å². The van der Waals surface area contributed by atoms with E-state index in [1.54, 1.807) is 60.7 Å². The molecule has 0 nitrogen and oxygen atoms in total. The molecule has 5 atom stereocenters. The maximum atomic E-state index is 14.8. The first-order valence-corrected chi connectivity index (χ1v) is 43.5. The van der Waals surface area contributed by atoms with Crippen molar-refractivity contribution < 1.29 is 43.9 Å². The van der Waals surface area contributed by atoms with Crippen LogP contribution >= 0.6 is 58.0 Å². The van der Waals surface area contributed by atoms with E-state index in [-0.39, 0.29) is 54.2 Å². The van der Waals surface area contributed by atoms with E-state index in [1.165, 1.54) is 99.2 Å². The smallest absolute Gasteiger partial charge is 0.143 e. The van der Waals surface area contributed by atoms with E-state index in [9.17, 15) is 43.9 Å². The number of fused-ring (bicyclic) bond motifs is 5. The minimum atomic E-state index is -0.528. The van der Waals surface area contributed by atoms with Crippen molar-refractivity contribution in [3.8, 4) is 59.2 Å². The molecule has 0 fully saturated rings. The zero-order valence-electron chi connectivity index (χ0n) is 68.5. The van der Waals surface area contributed by atoms with Crippen LogP contribution in [0.2, 0.25) is 25.1 Å². The van der Waals surface area contributed by atoms with Gasteiger partial charge in [0.15, 0.2) is 0 Å². The van der Waals surface area contributed by atoms with Gasteiger partial charge in [-0.15, -0.1) is 13.2 Å². The third-order valence-electron chi connectivity index (χ3n) is 22.9. The molecule has 0 heterocycles. The molecule has 626 valence electrons. The van der Waals surface area contributed by atoms with Gasteiger partial charge >= 0.3 is 0 Å². The Kier molecular flexibility index (Phi) is 34.5. The Labute approximate surface area is 737 Å². The number of hydrogen-bond acceptors (Lipinski definition) is 0. The summed E-state index contributed by atoms with van der Waals surface area (Å²) in [6, 6.07) is 40.2. The van der Waals surface area contributed by atoms with E-state index >= 15 is 0 Å². The number of rotatable bonds is 11. The van der Waals surface area contributed by atoms with E-state index in [2.05, 4.69) is 98.4 Å². The number of allylic oxidation sites excluding steroid dienone is 4. The molecule has 10 aromatic carbocycles. The van der Waals surface area contributed by atoms with Gasteiger partial charge in [0.2, 0.25) is 0 Å². The van der Waals surface area contributed by atoms with Crippen molar-refractivity contribution in [2.24, 2.45) is 29.6 Å². The first-order valence-electron chi connectivity index (χ1n) is 41.6. The highest BCUT2D eigenvalue weighted by Gasteiger charge is 2.27. The van der Waals surface area contributed by atoms with Crippen molar-refractivity contribution in [3.63, 3.8) is 0 Å². The highest BCUT2D eigenvalue weighted by Crippen LogP contribution is 2.37. The van der Waals surface area contributed by atoms with Gasteiger partial charge in [-0.3, -0.25) is 0 Å². The summed E-state index contributed by atoms with van der Waals surface area (Å²) in [5.74, 6) is 27.2. The maximum Gasteiger partial charge on any atom is 0.143 e. The Morgan fingerprint density at radius 1 is 0.320 bits per heavy atom. The fourth-order valence-electron chi connectivity index (χ4n) is 16.2. The number of halogens is 15. The van der Waals surface area contributed by atoms with Crippen LogP contribution in [0.5, 0.6) is 0 Å². The third kappa shape index (κ3) is 25.3. The van der Waals surface area contributed by atoms with Crippen LogP contribution in [0, 0.1) is 147 Å². The topological polar surface area (TPSA) is 0 Å². The molecule has 5 aliphatic rings. The van der Waals surface area contributed by atoms with Gasteiger partial charge in [-0.1, -0.05) is 224 Å². The summed E-state index contributed by atoms with van der Waals surface area (Å²) in [7, 11) is 0. The lowest BCUT2D eigenvalue weighted by atomic mass is 9.80. The van der Waals surface area contributed by atoms with Crippen LogP contribution in [0.15, 0.2) is 189 Å². The summed E-state index contributed by atoms with van der Waals surface area (Å²) in [6.45, 7) is 14.0. The van der Waals surface area contributed by atoms with Crippen molar-refractivity contribution in [2.75, 3.05) is 0 Å². The average Bonchev–Trinajstić information content (AvgIpc) is 0.819. The van der Waals surface area contributed by atoms with Gasteiger partial charge in [0.05, 0.1) is 52.9 Å². The molecule has 15 rings (SSSR count). The molecular weight excluding hydrogens is 1650 g/mol. The van der Waals surface area contributed by atoms with Crippen molar-refractivity contribution in [2.45, 2.75) is 168 Å². The molecule has 0 radical (unpaired) electrons. The molecule has 5 aliphatic carbocycles. The Hall–Kier alpha value is -10.0. The minimum absolute atomic E-state index is 0.0484. The third-order valence-corrected chi connectivity index (χ3v) is 24.5. The van der Waals surface area contributed by atoms with Crippen molar-refractivity contribution >= 4 is 58.0 Å². The number of benzene rings is 10. The normalized spacial score (nSPS) is 16.2. The summed E-state index contributed by atoms with van der Waals surface area (Å²) in [5, 5.41) is 0.270. The van der Waals surface area contributed by atoms with Crippen LogP contribution in [-0.2, 0) is 64.2 Å². The lowest BCUT2D eigenvalue weighted by molar-refractivity contribution is 0.401. The van der Waals surface area contributed by atoms with Gasteiger partial charge in [-0.25, -0.2) is 43.9 Å². The summed E-state index contributed by atoms with van der Waals surface area (Å²) in [4.78, 5) is 0. The predicted octanol–water partition coefficient (Wildman–Crippen LogP) is 29.7. The molecule has 15 heteroatoms. The lowest BCUT2D eigenvalue weighted by Crippen LogP contribution is -2.16. The summed E-state index contributed by atoms with van der Waals surface area (Å²) in [6.07, 6.45) is 30.8. The molecule has 0 saturated heterocycles. The van der Waals surface area contributed by atoms with Crippen LogP contribution < -0.4 is 0 Å². The van der Waals surface area contributed by atoms with Crippen LogP contribution in [0.1, 0.15) is 216 Å². The summed E-state index contributed by atoms with van der Waals surface area (Å²) in [5.41, 5.74) is 13.5. The largest absolute Gasteiger partial charge is 0.205 e. The Balaban J connectivity index is 0.000000149. The molecule has 122 heavy (non-hydrogen) atoms. The standard InChI is InChI=1S/C23H23ClF2.C22H19ClF2.C21H19ClF2.C21H17ClF2.C20H15ClF2/c1-2-3-4-5-16-7-12-20-19(14-16)11-10-18(23(20)26)9-6-17-8-13-21(24)22(25)15-17;1-2-3-4-15-6-11-19-18(13-15)10-9-17(22(19)25)8-5-16-7-12-20(23)21(24)14-16;2*1-2-3-14-5-10-18-17(12-14)9-8-16(21(18)24)7-4-15-6-11-19(22)20(23)13-15;1-2-13-4-9-17-16(11-13)8-7-15(20(17)23)6-3-14-5-10-18(21)19(22)12-14/h8,10-11,13,15-16H,2-5,7,12,14H2,1H3;2,7,9-10,12,14-15H,1,3-4,6,11,13H2;6,8-9,11,13-14H,2-3,5,10,12H2,1H3;2-3,6,8-9,11,13-14H,5,10,12H2,1H3;2,5,7-8,10,12-13H,1,4,9,11H2/b;;;3-2+;. The van der Waals surface area contributed by atoms with Crippen LogP contribution in [0.25, 0.3) is 0 Å². The van der Waals surface area contributed by atoms with Crippen molar-refractivity contribution in [1.29, 1.82) is 0 Å². The second-order valence-electron chi connectivity index (χ2n) is 31.5.